The molecule has 3 nitrogen and oxygen atoms in total. The highest BCUT2D eigenvalue weighted by Crippen LogP contribution is 2.44. The Morgan fingerprint density at radius 2 is 2.11 bits per heavy atom. The first-order valence-corrected chi connectivity index (χ1v) is 6.47. The number of carbonyl (C=O) groups is 1. The van der Waals surface area contributed by atoms with E-state index in [1.54, 1.807) is 13.0 Å². The average molecular weight is 252 g/mol. The third-order valence-corrected chi connectivity index (χ3v) is 3.88. The van der Waals surface area contributed by atoms with E-state index in [4.69, 9.17) is 5.11 Å². The lowest BCUT2D eigenvalue weighted by Crippen LogP contribution is -2.48. The van der Waals surface area contributed by atoms with E-state index in [1.807, 2.05) is 26.8 Å². The highest BCUT2D eigenvalue weighted by molar-refractivity contribution is 5.92. The number of aliphatic hydroxyl groups excluding tert-OH is 1. The maximum Gasteiger partial charge on any atom is 0.156 e. The molecule has 0 aromatic carbocycles. The van der Waals surface area contributed by atoms with Crippen molar-refractivity contribution in [3.8, 4) is 0 Å². The molecule has 1 aliphatic carbocycles. The fourth-order valence-electron chi connectivity index (χ4n) is 2.47. The third-order valence-electron chi connectivity index (χ3n) is 3.88. The summed E-state index contributed by atoms with van der Waals surface area (Å²) in [5, 5.41) is 19.7. The van der Waals surface area contributed by atoms with Crippen molar-refractivity contribution in [2.75, 3.05) is 6.61 Å². The number of ketones is 1. The predicted molar refractivity (Wildman–Crippen MR) is 72.1 cm³/mol. The zero-order chi connectivity index (χ0) is 14.0. The zero-order valence-corrected chi connectivity index (χ0v) is 11.7. The van der Waals surface area contributed by atoms with Gasteiger partial charge in [0.05, 0.1) is 0 Å². The zero-order valence-electron chi connectivity index (χ0n) is 11.7. The van der Waals surface area contributed by atoms with Crippen molar-refractivity contribution in [1.29, 1.82) is 0 Å². The standard InChI is InChI=1S/C15H24O3/c1-11(6-8-16)5-7-15(18)12(2)9-13(17)10-14(15,3)4/h5,7,9,11,16,18H,6,8,10H2,1-4H3/b7-5+/t11-,15-/m1/s1. The summed E-state index contributed by atoms with van der Waals surface area (Å²) >= 11 is 0. The van der Waals surface area contributed by atoms with E-state index in [9.17, 15) is 9.90 Å². The van der Waals surface area contributed by atoms with Gasteiger partial charge in [0.1, 0.15) is 5.60 Å². The van der Waals surface area contributed by atoms with Crippen LogP contribution in [-0.4, -0.2) is 28.2 Å². The molecule has 0 amide bonds. The molecule has 2 atom stereocenters. The molecule has 2 N–H and O–H groups in total. The van der Waals surface area contributed by atoms with Gasteiger partial charge < -0.3 is 10.2 Å². The van der Waals surface area contributed by atoms with Crippen LogP contribution >= 0.6 is 0 Å². The van der Waals surface area contributed by atoms with Gasteiger partial charge >= 0.3 is 0 Å². The first-order chi connectivity index (χ1) is 8.23. The average Bonchev–Trinajstić information content (AvgIpc) is 2.23. The number of aliphatic hydroxyl groups is 2. The molecule has 0 bridgehead atoms. The van der Waals surface area contributed by atoms with E-state index in [0.717, 1.165) is 0 Å². The van der Waals surface area contributed by atoms with Crippen molar-refractivity contribution in [1.82, 2.24) is 0 Å². The molecule has 0 fully saturated rings. The Morgan fingerprint density at radius 3 is 2.61 bits per heavy atom. The van der Waals surface area contributed by atoms with Crippen molar-refractivity contribution in [2.24, 2.45) is 11.3 Å². The van der Waals surface area contributed by atoms with Crippen molar-refractivity contribution >= 4 is 5.78 Å². The Bertz CT molecular complexity index is 379. The maximum atomic E-state index is 11.6. The molecule has 0 spiro atoms. The Kier molecular flexibility index (Phi) is 4.51. The second-order valence-electron chi connectivity index (χ2n) is 5.97. The molecule has 0 unspecified atom stereocenters. The number of hydrogen-bond donors (Lipinski definition) is 2. The van der Waals surface area contributed by atoms with Gasteiger partial charge in [-0.3, -0.25) is 4.79 Å². The van der Waals surface area contributed by atoms with Crippen molar-refractivity contribution in [3.63, 3.8) is 0 Å². The molecule has 0 heterocycles. The van der Waals surface area contributed by atoms with Crippen molar-refractivity contribution < 1.29 is 15.0 Å². The van der Waals surface area contributed by atoms with Gasteiger partial charge in [0.2, 0.25) is 0 Å². The van der Waals surface area contributed by atoms with Gasteiger partial charge in [-0.1, -0.05) is 32.9 Å². The number of rotatable bonds is 4. The summed E-state index contributed by atoms with van der Waals surface area (Å²) in [6, 6.07) is 0. The monoisotopic (exact) mass is 252 g/mol. The van der Waals surface area contributed by atoms with Crippen LogP contribution in [0.1, 0.15) is 40.5 Å². The van der Waals surface area contributed by atoms with Gasteiger partial charge in [-0.15, -0.1) is 0 Å². The highest BCUT2D eigenvalue weighted by Gasteiger charge is 2.46. The summed E-state index contributed by atoms with van der Waals surface area (Å²) in [6.45, 7) is 7.74. The Hall–Kier alpha value is -0.930. The van der Waals surface area contributed by atoms with E-state index in [1.165, 1.54) is 6.08 Å². The third kappa shape index (κ3) is 2.90. The van der Waals surface area contributed by atoms with E-state index < -0.39 is 11.0 Å². The van der Waals surface area contributed by atoms with Crippen LogP contribution in [0.15, 0.2) is 23.8 Å². The number of allylic oxidation sites excluding steroid dienone is 2. The normalized spacial score (nSPS) is 29.4. The quantitative estimate of drug-likeness (QED) is 0.754. The molecular weight excluding hydrogens is 228 g/mol. The summed E-state index contributed by atoms with van der Waals surface area (Å²) in [5.74, 6) is 0.277. The molecule has 102 valence electrons. The van der Waals surface area contributed by atoms with Crippen LogP contribution in [0.25, 0.3) is 0 Å². The lowest BCUT2D eigenvalue weighted by Gasteiger charge is -2.44. The van der Waals surface area contributed by atoms with Crippen LogP contribution in [0.3, 0.4) is 0 Å². The van der Waals surface area contributed by atoms with Gasteiger partial charge in [-0.05, 0) is 30.9 Å². The molecule has 0 aromatic heterocycles. The molecule has 0 saturated heterocycles. The molecule has 0 saturated carbocycles. The molecular formula is C15H24O3. The van der Waals surface area contributed by atoms with Crippen molar-refractivity contribution in [3.05, 3.63) is 23.8 Å². The predicted octanol–water partition coefficient (Wildman–Crippen LogP) is 2.24. The topological polar surface area (TPSA) is 57.5 Å². The maximum absolute atomic E-state index is 11.6. The van der Waals surface area contributed by atoms with Crippen molar-refractivity contribution in [2.45, 2.75) is 46.1 Å². The van der Waals surface area contributed by atoms with Gasteiger partial charge in [0, 0.05) is 18.4 Å². The van der Waals surface area contributed by atoms with Crippen LogP contribution < -0.4 is 0 Å². The minimum Gasteiger partial charge on any atom is -0.396 e. The lowest BCUT2D eigenvalue weighted by molar-refractivity contribution is -0.121. The van der Waals surface area contributed by atoms with Crippen LogP contribution in [0.4, 0.5) is 0 Å². The number of hydrogen-bond acceptors (Lipinski definition) is 3. The Balaban J connectivity index is 3.02. The van der Waals surface area contributed by atoms with Crippen LogP contribution in [0, 0.1) is 11.3 Å². The molecule has 1 rings (SSSR count). The van der Waals surface area contributed by atoms with Gasteiger partial charge in [-0.25, -0.2) is 0 Å². The molecule has 1 aliphatic rings. The Labute approximate surface area is 109 Å². The van der Waals surface area contributed by atoms with Gasteiger partial charge in [0.15, 0.2) is 5.78 Å². The largest absolute Gasteiger partial charge is 0.396 e. The first-order valence-electron chi connectivity index (χ1n) is 6.47. The molecule has 0 radical (unpaired) electrons. The minimum absolute atomic E-state index is 0.0685. The number of carbonyl (C=O) groups excluding carboxylic acids is 1. The highest BCUT2D eigenvalue weighted by atomic mass is 16.3. The minimum atomic E-state index is -1.08. The van der Waals surface area contributed by atoms with E-state index in [0.29, 0.717) is 18.4 Å². The van der Waals surface area contributed by atoms with E-state index in [2.05, 4.69) is 0 Å². The smallest absolute Gasteiger partial charge is 0.156 e. The first kappa shape index (κ1) is 15.1. The Morgan fingerprint density at radius 1 is 1.50 bits per heavy atom. The summed E-state index contributed by atoms with van der Waals surface area (Å²) in [5.41, 5.74) is -0.889. The summed E-state index contributed by atoms with van der Waals surface area (Å²) in [4.78, 5) is 11.6. The van der Waals surface area contributed by atoms with Crippen LogP contribution in [0.5, 0.6) is 0 Å². The van der Waals surface area contributed by atoms with Crippen LogP contribution in [0.2, 0.25) is 0 Å². The van der Waals surface area contributed by atoms with E-state index >= 15 is 0 Å². The summed E-state index contributed by atoms with van der Waals surface area (Å²) < 4.78 is 0. The lowest BCUT2D eigenvalue weighted by atomic mass is 9.64. The fourth-order valence-corrected chi connectivity index (χ4v) is 2.47. The summed E-state index contributed by atoms with van der Waals surface area (Å²) in [6.07, 6.45) is 6.26. The van der Waals surface area contributed by atoms with E-state index in [-0.39, 0.29) is 18.3 Å². The molecule has 0 aliphatic heterocycles. The second kappa shape index (κ2) is 5.37. The molecule has 18 heavy (non-hydrogen) atoms. The van der Waals surface area contributed by atoms with Crippen LogP contribution in [-0.2, 0) is 4.79 Å². The SMILES string of the molecule is CC1=CC(=O)CC(C)(C)[C@@]1(O)/C=C/[C@@H](C)CCO. The second-order valence-corrected chi connectivity index (χ2v) is 5.97. The van der Waals surface area contributed by atoms with Gasteiger partial charge in [-0.2, -0.15) is 0 Å². The molecule has 0 aromatic rings. The van der Waals surface area contributed by atoms with Gasteiger partial charge in [0.25, 0.3) is 0 Å². The fraction of sp³-hybridized carbons (Fsp3) is 0.667. The summed E-state index contributed by atoms with van der Waals surface area (Å²) in [7, 11) is 0. The molecule has 3 heteroatoms.